The summed E-state index contributed by atoms with van der Waals surface area (Å²) in [6, 6.07) is 4.99. The van der Waals surface area contributed by atoms with E-state index in [1.54, 1.807) is 6.07 Å². The van der Waals surface area contributed by atoms with Gasteiger partial charge in [0.05, 0.1) is 0 Å². The molecule has 3 heteroatoms. The summed E-state index contributed by atoms with van der Waals surface area (Å²) in [5.74, 6) is 0.374. The molecule has 0 aromatic heterocycles. The highest BCUT2D eigenvalue weighted by atomic mass is 79.9. The average Bonchev–Trinajstić information content (AvgIpc) is 3.07. The van der Waals surface area contributed by atoms with Crippen LogP contribution in [0.4, 0.5) is 4.39 Å². The fraction of sp³-hybridized carbons (Fsp3) is 0.538. The van der Waals surface area contributed by atoms with Gasteiger partial charge in [0.25, 0.3) is 0 Å². The Hall–Kier alpha value is -0.410. The zero-order valence-electron chi connectivity index (χ0n) is 9.34. The first kappa shape index (κ1) is 12.1. The van der Waals surface area contributed by atoms with Crippen LogP contribution in [0.3, 0.4) is 0 Å². The topological polar surface area (TPSA) is 20.2 Å². The molecule has 1 fully saturated rings. The fourth-order valence-corrected chi connectivity index (χ4v) is 2.63. The Kier molecular flexibility index (Phi) is 3.36. The van der Waals surface area contributed by atoms with Crippen LogP contribution >= 0.6 is 15.9 Å². The summed E-state index contributed by atoms with van der Waals surface area (Å²) in [7, 11) is 0. The van der Waals surface area contributed by atoms with Crippen molar-refractivity contribution >= 4 is 15.9 Å². The Bertz CT molecular complexity index is 390. The van der Waals surface area contributed by atoms with Crippen molar-refractivity contribution in [3.05, 3.63) is 34.1 Å². The normalized spacial score (nSPS) is 19.5. The first-order valence-electron chi connectivity index (χ1n) is 5.60. The lowest BCUT2D eigenvalue weighted by Gasteiger charge is -2.27. The van der Waals surface area contributed by atoms with Crippen LogP contribution in [0, 0.1) is 17.2 Å². The second-order valence-corrected chi connectivity index (χ2v) is 5.91. The van der Waals surface area contributed by atoms with Crippen LogP contribution in [0.1, 0.15) is 25.3 Å². The van der Waals surface area contributed by atoms with E-state index in [1.165, 1.54) is 6.07 Å². The Morgan fingerprint density at radius 2 is 2.19 bits per heavy atom. The molecule has 0 aliphatic heterocycles. The van der Waals surface area contributed by atoms with Gasteiger partial charge in [0.1, 0.15) is 5.82 Å². The maximum atomic E-state index is 13.6. The maximum Gasteiger partial charge on any atom is 0.126 e. The highest BCUT2D eigenvalue weighted by Gasteiger charge is 2.41. The summed E-state index contributed by atoms with van der Waals surface area (Å²) in [5.41, 5.74) is 0.527. The predicted octanol–water partition coefficient (Wildman–Crippen LogP) is 3.54. The van der Waals surface area contributed by atoms with E-state index >= 15 is 0 Å². The standard InChI is InChI=1S/C13H16BrFO/c1-13(8-16,10-2-3-10)7-9-6-11(14)4-5-12(9)15/h4-6,10,16H,2-3,7-8H2,1H3. The highest BCUT2D eigenvalue weighted by molar-refractivity contribution is 9.10. The van der Waals surface area contributed by atoms with Crippen LogP contribution in [0.25, 0.3) is 0 Å². The van der Waals surface area contributed by atoms with Crippen LogP contribution in [-0.2, 0) is 6.42 Å². The number of hydrogen-bond donors (Lipinski definition) is 1. The lowest BCUT2D eigenvalue weighted by atomic mass is 9.79. The van der Waals surface area contributed by atoms with Crippen molar-refractivity contribution in [3.8, 4) is 0 Å². The molecule has 1 aliphatic carbocycles. The largest absolute Gasteiger partial charge is 0.396 e. The van der Waals surface area contributed by atoms with E-state index in [0.717, 1.165) is 17.3 Å². The van der Waals surface area contributed by atoms with Crippen LogP contribution in [-0.4, -0.2) is 11.7 Å². The molecular weight excluding hydrogens is 271 g/mol. The Labute approximate surface area is 104 Å². The maximum absolute atomic E-state index is 13.6. The molecule has 1 aliphatic rings. The molecule has 1 atom stereocenters. The molecule has 0 amide bonds. The van der Waals surface area contributed by atoms with Gasteiger partial charge in [-0.15, -0.1) is 0 Å². The lowest BCUT2D eigenvalue weighted by molar-refractivity contribution is 0.118. The summed E-state index contributed by atoms with van der Waals surface area (Å²) in [5, 5.41) is 9.48. The third kappa shape index (κ3) is 2.46. The second kappa shape index (κ2) is 4.46. The number of aliphatic hydroxyl groups is 1. The molecule has 88 valence electrons. The van der Waals surface area contributed by atoms with Gasteiger partial charge in [0, 0.05) is 11.1 Å². The molecule has 0 heterocycles. The van der Waals surface area contributed by atoms with Crippen molar-refractivity contribution < 1.29 is 9.50 Å². The summed E-state index contributed by atoms with van der Waals surface area (Å²) in [6.07, 6.45) is 2.93. The molecule has 0 radical (unpaired) electrons. The van der Waals surface area contributed by atoms with Gasteiger partial charge >= 0.3 is 0 Å². The number of benzene rings is 1. The van der Waals surface area contributed by atoms with E-state index in [0.29, 0.717) is 17.9 Å². The van der Waals surface area contributed by atoms with E-state index < -0.39 is 0 Å². The molecule has 0 saturated heterocycles. The molecule has 1 nitrogen and oxygen atoms in total. The molecule has 0 spiro atoms. The third-order valence-electron chi connectivity index (χ3n) is 3.53. The molecule has 2 rings (SSSR count). The summed E-state index contributed by atoms with van der Waals surface area (Å²) >= 11 is 3.35. The molecule has 1 unspecified atom stereocenters. The molecular formula is C13H16BrFO. The zero-order valence-corrected chi connectivity index (χ0v) is 10.9. The van der Waals surface area contributed by atoms with Crippen LogP contribution < -0.4 is 0 Å². The Balaban J connectivity index is 2.21. The third-order valence-corrected chi connectivity index (χ3v) is 4.02. The molecule has 0 bridgehead atoms. The van der Waals surface area contributed by atoms with Crippen LogP contribution in [0.2, 0.25) is 0 Å². The van der Waals surface area contributed by atoms with Crippen molar-refractivity contribution in [1.29, 1.82) is 0 Å². The minimum atomic E-state index is -0.177. The number of hydrogen-bond acceptors (Lipinski definition) is 1. The van der Waals surface area contributed by atoms with Crippen molar-refractivity contribution in [2.45, 2.75) is 26.2 Å². The van der Waals surface area contributed by atoms with Crippen molar-refractivity contribution in [3.63, 3.8) is 0 Å². The quantitative estimate of drug-likeness (QED) is 0.898. The van der Waals surface area contributed by atoms with Gasteiger partial charge < -0.3 is 5.11 Å². The summed E-state index contributed by atoms with van der Waals surface area (Å²) < 4.78 is 14.5. The highest BCUT2D eigenvalue weighted by Crippen LogP contribution is 2.47. The van der Waals surface area contributed by atoms with Gasteiger partial charge in [-0.1, -0.05) is 22.9 Å². The van der Waals surface area contributed by atoms with Crippen LogP contribution in [0.5, 0.6) is 0 Å². The Morgan fingerprint density at radius 3 is 2.75 bits per heavy atom. The predicted molar refractivity (Wildman–Crippen MR) is 65.7 cm³/mol. The Morgan fingerprint density at radius 1 is 1.50 bits per heavy atom. The van der Waals surface area contributed by atoms with E-state index in [4.69, 9.17) is 0 Å². The average molecular weight is 287 g/mol. The smallest absolute Gasteiger partial charge is 0.126 e. The molecule has 16 heavy (non-hydrogen) atoms. The second-order valence-electron chi connectivity index (χ2n) is 5.00. The number of rotatable bonds is 4. The number of aliphatic hydroxyl groups excluding tert-OH is 1. The van der Waals surface area contributed by atoms with E-state index in [1.807, 2.05) is 13.0 Å². The van der Waals surface area contributed by atoms with Gasteiger partial charge in [0.2, 0.25) is 0 Å². The monoisotopic (exact) mass is 286 g/mol. The van der Waals surface area contributed by atoms with Crippen molar-refractivity contribution in [1.82, 2.24) is 0 Å². The van der Waals surface area contributed by atoms with Crippen LogP contribution in [0.15, 0.2) is 22.7 Å². The van der Waals surface area contributed by atoms with E-state index in [2.05, 4.69) is 15.9 Å². The molecule has 1 aromatic carbocycles. The van der Waals surface area contributed by atoms with Gasteiger partial charge in [-0.05, 0) is 54.4 Å². The first-order valence-corrected chi connectivity index (χ1v) is 6.39. The van der Waals surface area contributed by atoms with Gasteiger partial charge in [-0.3, -0.25) is 0 Å². The minimum Gasteiger partial charge on any atom is -0.396 e. The van der Waals surface area contributed by atoms with Gasteiger partial charge in [0.15, 0.2) is 0 Å². The zero-order chi connectivity index (χ0) is 11.8. The van der Waals surface area contributed by atoms with E-state index in [9.17, 15) is 9.50 Å². The summed E-state index contributed by atoms with van der Waals surface area (Å²) in [4.78, 5) is 0. The van der Waals surface area contributed by atoms with Gasteiger partial charge in [-0.25, -0.2) is 4.39 Å². The van der Waals surface area contributed by atoms with Crippen molar-refractivity contribution in [2.24, 2.45) is 11.3 Å². The van der Waals surface area contributed by atoms with Crippen molar-refractivity contribution in [2.75, 3.05) is 6.61 Å². The first-order chi connectivity index (χ1) is 7.55. The fourth-order valence-electron chi connectivity index (χ4n) is 2.22. The van der Waals surface area contributed by atoms with E-state index in [-0.39, 0.29) is 17.8 Å². The lowest BCUT2D eigenvalue weighted by Crippen LogP contribution is -2.27. The minimum absolute atomic E-state index is 0.129. The molecule has 1 N–H and O–H groups in total. The number of halogens is 2. The SMILES string of the molecule is CC(CO)(Cc1cc(Br)ccc1F)C1CC1. The van der Waals surface area contributed by atoms with Gasteiger partial charge in [-0.2, -0.15) is 0 Å². The summed E-state index contributed by atoms with van der Waals surface area (Å²) in [6.45, 7) is 2.18. The molecule has 1 aromatic rings. The molecule has 1 saturated carbocycles.